The van der Waals surface area contributed by atoms with E-state index in [1.807, 2.05) is 36.5 Å². The number of nitrogens with zero attached hydrogens (tertiary/aromatic N) is 1. The van der Waals surface area contributed by atoms with E-state index in [0.717, 1.165) is 16.5 Å². The summed E-state index contributed by atoms with van der Waals surface area (Å²) in [4.78, 5) is 18.2. The molecule has 5 nitrogen and oxygen atoms in total. The van der Waals surface area contributed by atoms with Gasteiger partial charge in [-0.2, -0.15) is 0 Å². The van der Waals surface area contributed by atoms with Crippen LogP contribution < -0.4 is 5.73 Å². The zero-order valence-corrected chi connectivity index (χ0v) is 11.7. The van der Waals surface area contributed by atoms with Crippen LogP contribution in [0.2, 0.25) is 0 Å². The smallest absolute Gasteiger partial charge is 0.328 e. The Morgan fingerprint density at radius 3 is 3.05 bits per heavy atom. The summed E-state index contributed by atoms with van der Waals surface area (Å²) in [7, 11) is 0. The van der Waals surface area contributed by atoms with Gasteiger partial charge in [0.1, 0.15) is 6.04 Å². The highest BCUT2D eigenvalue weighted by Gasteiger charge is 2.13. The molecule has 5 heteroatoms. The highest BCUT2D eigenvalue weighted by atomic mass is 16.4. The number of carboxylic acids is 1. The van der Waals surface area contributed by atoms with Gasteiger partial charge >= 0.3 is 5.97 Å². The zero-order valence-electron chi connectivity index (χ0n) is 11.7. The number of H-pyrrole nitrogens is 1. The molecule has 1 heterocycles. The van der Waals surface area contributed by atoms with Crippen LogP contribution >= 0.6 is 0 Å². The fourth-order valence-corrected chi connectivity index (χ4v) is 2.05. The lowest BCUT2D eigenvalue weighted by Crippen LogP contribution is -2.19. The van der Waals surface area contributed by atoms with Gasteiger partial charge in [-0.05, 0) is 48.5 Å². The number of hydrogen-bond donors (Lipinski definition) is 3. The van der Waals surface area contributed by atoms with Crippen LogP contribution in [0.5, 0.6) is 0 Å². The summed E-state index contributed by atoms with van der Waals surface area (Å²) in [6.45, 7) is 0.477. The molecule has 0 spiro atoms. The number of aromatic amines is 1. The lowest BCUT2D eigenvalue weighted by atomic mass is 10.1. The van der Waals surface area contributed by atoms with Gasteiger partial charge in [-0.25, -0.2) is 4.79 Å². The number of carbonyl (C=O) groups is 1. The standard InChI is InChI=1S/C16H19N3O2/c17-8-1-4-14(16(20)21)18-9-2-3-12-5-6-13-7-10-19-15(13)11-12/h2-3,5-7,9-11,14,19H,1,4,8,17H2,(H,20,21)/b3-2+,18-9?. The summed E-state index contributed by atoms with van der Waals surface area (Å²) in [6.07, 6.45) is 8.20. The molecule has 0 bridgehead atoms. The van der Waals surface area contributed by atoms with Gasteiger partial charge < -0.3 is 15.8 Å². The molecule has 0 aliphatic heterocycles. The van der Waals surface area contributed by atoms with Crippen LogP contribution in [0.1, 0.15) is 18.4 Å². The summed E-state index contributed by atoms with van der Waals surface area (Å²) in [6, 6.07) is 7.36. The molecule has 0 radical (unpaired) electrons. The molecule has 2 aromatic rings. The van der Waals surface area contributed by atoms with Gasteiger partial charge in [0, 0.05) is 17.9 Å². The topological polar surface area (TPSA) is 91.5 Å². The maximum absolute atomic E-state index is 11.0. The number of hydrogen-bond acceptors (Lipinski definition) is 3. The third-order valence-corrected chi connectivity index (χ3v) is 3.19. The van der Waals surface area contributed by atoms with Gasteiger partial charge in [0.2, 0.25) is 0 Å². The highest BCUT2D eigenvalue weighted by molar-refractivity contribution is 5.85. The molecule has 0 saturated carbocycles. The first kappa shape index (κ1) is 15.0. The summed E-state index contributed by atoms with van der Waals surface area (Å²) in [5.74, 6) is -0.916. The van der Waals surface area contributed by atoms with Gasteiger partial charge in [-0.1, -0.05) is 18.2 Å². The molecule has 0 amide bonds. The second-order valence-corrected chi connectivity index (χ2v) is 4.77. The van der Waals surface area contributed by atoms with Crippen LogP contribution in [0.3, 0.4) is 0 Å². The minimum atomic E-state index is -0.916. The molecule has 0 aliphatic carbocycles. The second kappa shape index (κ2) is 7.40. The predicted molar refractivity (Wildman–Crippen MR) is 85.5 cm³/mol. The van der Waals surface area contributed by atoms with Crippen molar-refractivity contribution in [2.45, 2.75) is 18.9 Å². The van der Waals surface area contributed by atoms with E-state index in [0.29, 0.717) is 19.4 Å². The monoisotopic (exact) mass is 285 g/mol. The maximum Gasteiger partial charge on any atom is 0.328 e. The highest BCUT2D eigenvalue weighted by Crippen LogP contribution is 2.14. The van der Waals surface area contributed by atoms with Gasteiger partial charge in [0.05, 0.1) is 0 Å². The normalized spacial score (nSPS) is 13.4. The van der Waals surface area contributed by atoms with E-state index >= 15 is 0 Å². The average molecular weight is 285 g/mol. The fourth-order valence-electron chi connectivity index (χ4n) is 2.05. The largest absolute Gasteiger partial charge is 0.480 e. The molecule has 110 valence electrons. The number of benzene rings is 1. The first-order valence-corrected chi connectivity index (χ1v) is 6.90. The number of aliphatic carboxylic acids is 1. The molecule has 0 saturated heterocycles. The van der Waals surface area contributed by atoms with Crippen LogP contribution in [-0.4, -0.2) is 34.9 Å². The molecule has 0 aliphatic rings. The number of nitrogens with two attached hydrogens (primary N) is 1. The van der Waals surface area contributed by atoms with Crippen molar-refractivity contribution in [3.63, 3.8) is 0 Å². The first-order chi connectivity index (χ1) is 10.2. The predicted octanol–water partition coefficient (Wildman–Crippen LogP) is 2.44. The van der Waals surface area contributed by atoms with Crippen molar-refractivity contribution in [2.75, 3.05) is 6.54 Å². The number of carboxylic acid groups (broad SMARTS) is 1. The molecule has 1 aromatic carbocycles. The lowest BCUT2D eigenvalue weighted by molar-refractivity contribution is -0.138. The zero-order chi connectivity index (χ0) is 15.1. The van der Waals surface area contributed by atoms with Gasteiger partial charge in [-0.15, -0.1) is 0 Å². The number of aromatic nitrogens is 1. The number of rotatable bonds is 7. The van der Waals surface area contributed by atoms with Crippen molar-refractivity contribution in [3.8, 4) is 0 Å². The fraction of sp³-hybridized carbons (Fsp3) is 0.250. The summed E-state index contributed by atoms with van der Waals surface area (Å²) in [5.41, 5.74) is 7.49. The van der Waals surface area contributed by atoms with Crippen LogP contribution in [0.4, 0.5) is 0 Å². The molecule has 21 heavy (non-hydrogen) atoms. The van der Waals surface area contributed by atoms with Crippen LogP contribution in [0, 0.1) is 0 Å². The molecule has 1 aromatic heterocycles. The Balaban J connectivity index is 1.99. The van der Waals surface area contributed by atoms with Crippen molar-refractivity contribution < 1.29 is 9.90 Å². The Morgan fingerprint density at radius 1 is 1.43 bits per heavy atom. The number of fused-ring (bicyclic) bond motifs is 1. The maximum atomic E-state index is 11.0. The number of allylic oxidation sites excluding steroid dienone is 1. The molecular formula is C16H19N3O2. The first-order valence-electron chi connectivity index (χ1n) is 6.90. The summed E-state index contributed by atoms with van der Waals surface area (Å²) in [5, 5.41) is 10.2. The molecule has 4 N–H and O–H groups in total. The average Bonchev–Trinajstić information content (AvgIpc) is 2.93. The van der Waals surface area contributed by atoms with Crippen LogP contribution in [0.25, 0.3) is 17.0 Å². The van der Waals surface area contributed by atoms with Crippen LogP contribution in [0.15, 0.2) is 41.5 Å². The molecule has 0 fully saturated rings. The van der Waals surface area contributed by atoms with E-state index in [9.17, 15) is 4.79 Å². The van der Waals surface area contributed by atoms with Crippen molar-refractivity contribution in [1.29, 1.82) is 0 Å². The Labute approximate surface area is 123 Å². The van der Waals surface area contributed by atoms with E-state index in [2.05, 4.69) is 9.98 Å². The quantitative estimate of drug-likeness (QED) is 0.682. The lowest BCUT2D eigenvalue weighted by Gasteiger charge is -2.04. The van der Waals surface area contributed by atoms with Crippen molar-refractivity contribution >= 4 is 29.2 Å². The number of aliphatic imine (C=N–C) groups is 1. The van der Waals surface area contributed by atoms with Crippen molar-refractivity contribution in [2.24, 2.45) is 10.7 Å². The van der Waals surface area contributed by atoms with E-state index in [1.54, 1.807) is 6.08 Å². The third-order valence-electron chi connectivity index (χ3n) is 3.19. The van der Waals surface area contributed by atoms with E-state index in [4.69, 9.17) is 10.8 Å². The Bertz CT molecular complexity index is 658. The van der Waals surface area contributed by atoms with E-state index in [-0.39, 0.29) is 0 Å². The number of nitrogens with one attached hydrogen (secondary N) is 1. The Hall–Kier alpha value is -2.40. The van der Waals surface area contributed by atoms with Gasteiger partial charge in [0.15, 0.2) is 0 Å². The van der Waals surface area contributed by atoms with Gasteiger partial charge in [0.25, 0.3) is 0 Å². The molecule has 2 rings (SSSR count). The second-order valence-electron chi connectivity index (χ2n) is 4.77. The summed E-state index contributed by atoms with van der Waals surface area (Å²) >= 11 is 0. The van der Waals surface area contributed by atoms with Crippen molar-refractivity contribution in [1.82, 2.24) is 4.98 Å². The SMILES string of the molecule is NCCCC(N=C/C=C/c1ccc2cc[nH]c2c1)C(=O)O. The minimum absolute atomic E-state index is 0.463. The van der Waals surface area contributed by atoms with E-state index in [1.165, 1.54) is 6.21 Å². The Kier molecular flexibility index (Phi) is 5.29. The van der Waals surface area contributed by atoms with Crippen LogP contribution in [-0.2, 0) is 4.79 Å². The molecular weight excluding hydrogens is 266 g/mol. The third kappa shape index (κ3) is 4.29. The van der Waals surface area contributed by atoms with Crippen molar-refractivity contribution in [3.05, 3.63) is 42.1 Å². The Morgan fingerprint density at radius 2 is 2.29 bits per heavy atom. The van der Waals surface area contributed by atoms with Gasteiger partial charge in [-0.3, -0.25) is 4.99 Å². The molecule has 1 unspecified atom stereocenters. The summed E-state index contributed by atoms with van der Waals surface area (Å²) < 4.78 is 0. The minimum Gasteiger partial charge on any atom is -0.480 e. The van der Waals surface area contributed by atoms with E-state index < -0.39 is 12.0 Å². The molecule has 1 atom stereocenters.